The molecule has 0 amide bonds. The summed E-state index contributed by atoms with van der Waals surface area (Å²) in [6, 6.07) is 75.2. The van der Waals surface area contributed by atoms with Crippen molar-refractivity contribution in [1.29, 1.82) is 0 Å². The van der Waals surface area contributed by atoms with E-state index in [4.69, 9.17) is 24.4 Å². The van der Waals surface area contributed by atoms with Crippen molar-refractivity contribution >= 4 is 21.9 Å². The molecule has 0 fully saturated rings. The van der Waals surface area contributed by atoms with E-state index in [0.29, 0.717) is 11.6 Å². The second kappa shape index (κ2) is 15.5. The molecule has 3 heterocycles. The van der Waals surface area contributed by atoms with E-state index in [1.54, 1.807) is 0 Å². The average Bonchev–Trinajstić information content (AvgIpc) is 3.73. The van der Waals surface area contributed by atoms with Crippen LogP contribution >= 0.6 is 0 Å². The quantitative estimate of drug-likeness (QED) is 0.154. The zero-order valence-electron chi connectivity index (χ0n) is 33.0. The number of aromatic nitrogens is 4. The van der Waals surface area contributed by atoms with E-state index in [0.717, 1.165) is 100 Å². The van der Waals surface area contributed by atoms with Gasteiger partial charge in [0.1, 0.15) is 11.2 Å². The monoisotopic (exact) mass is 780 g/mol. The smallest absolute Gasteiger partial charge is 0.160 e. The molecular formula is C56H36N4O. The van der Waals surface area contributed by atoms with Crippen LogP contribution in [0.3, 0.4) is 0 Å². The number of para-hydroxylation sites is 1. The normalized spacial score (nSPS) is 11.3. The highest BCUT2D eigenvalue weighted by molar-refractivity contribution is 6.06. The Morgan fingerprint density at radius 2 is 0.607 bits per heavy atom. The predicted molar refractivity (Wildman–Crippen MR) is 248 cm³/mol. The first-order chi connectivity index (χ1) is 30.2. The van der Waals surface area contributed by atoms with Gasteiger partial charge < -0.3 is 4.42 Å². The molecule has 5 nitrogen and oxygen atoms in total. The topological polar surface area (TPSA) is 64.7 Å². The lowest BCUT2D eigenvalue weighted by Gasteiger charge is -2.14. The van der Waals surface area contributed by atoms with Gasteiger partial charge in [0.2, 0.25) is 0 Å². The second-order valence-electron chi connectivity index (χ2n) is 15.1. The summed E-state index contributed by atoms with van der Waals surface area (Å²) in [6.07, 6.45) is 0. The molecule has 0 aliphatic rings. The Bertz CT molecular complexity index is 3070. The molecule has 0 aliphatic heterocycles. The fourth-order valence-electron chi connectivity index (χ4n) is 7.99. The molecule has 5 heteroatoms. The molecule has 0 aliphatic carbocycles. The van der Waals surface area contributed by atoms with E-state index in [1.165, 1.54) is 0 Å². The van der Waals surface area contributed by atoms with Crippen LogP contribution in [0.5, 0.6) is 0 Å². The molecule has 0 bridgehead atoms. The van der Waals surface area contributed by atoms with Gasteiger partial charge in [0.25, 0.3) is 0 Å². The minimum Gasteiger partial charge on any atom is -0.456 e. The van der Waals surface area contributed by atoms with Crippen molar-refractivity contribution in [3.05, 3.63) is 218 Å². The number of benzene rings is 8. The Morgan fingerprint density at radius 1 is 0.230 bits per heavy atom. The van der Waals surface area contributed by atoms with E-state index >= 15 is 0 Å². The molecule has 0 saturated carbocycles. The molecule has 0 spiro atoms. The molecule has 11 aromatic rings. The molecule has 11 rings (SSSR count). The third-order valence-corrected chi connectivity index (χ3v) is 11.1. The standard InChI is InChI=1S/C56H36N4O/c1-5-15-39(16-6-1)49-35-51(59-55(57-49)41-19-9-3-10-20-41)45-31-44(38-27-25-37(26-28-38)43-29-30-54-48(34-43)47-23-13-14-24-53(47)61-54)32-46(33-45)52-36-50(40-17-7-2-8-18-40)58-56(60-52)42-21-11-4-12-22-42/h1-36H. The van der Waals surface area contributed by atoms with Crippen LogP contribution in [0.25, 0.3) is 112 Å². The third kappa shape index (κ3) is 7.15. The van der Waals surface area contributed by atoms with Gasteiger partial charge in [-0.15, -0.1) is 0 Å². The summed E-state index contributed by atoms with van der Waals surface area (Å²) in [4.78, 5) is 20.7. The minimum atomic E-state index is 0.662. The van der Waals surface area contributed by atoms with Crippen LogP contribution in [0.1, 0.15) is 0 Å². The van der Waals surface area contributed by atoms with Crippen LogP contribution in [0.15, 0.2) is 223 Å². The van der Waals surface area contributed by atoms with Crippen molar-refractivity contribution in [3.8, 4) is 90.1 Å². The van der Waals surface area contributed by atoms with Crippen molar-refractivity contribution in [2.45, 2.75) is 0 Å². The van der Waals surface area contributed by atoms with Gasteiger partial charge in [-0.2, -0.15) is 0 Å². The summed E-state index contributed by atoms with van der Waals surface area (Å²) in [5, 5.41) is 2.23. The van der Waals surface area contributed by atoms with Crippen LogP contribution in [0.2, 0.25) is 0 Å². The molecule has 0 unspecified atom stereocenters. The van der Waals surface area contributed by atoms with E-state index in [2.05, 4.69) is 133 Å². The Kier molecular flexibility index (Phi) is 9.10. The van der Waals surface area contributed by atoms with Crippen LogP contribution in [0.4, 0.5) is 0 Å². The molecule has 0 radical (unpaired) electrons. The van der Waals surface area contributed by atoms with E-state index in [9.17, 15) is 0 Å². The first-order valence-electron chi connectivity index (χ1n) is 20.4. The van der Waals surface area contributed by atoms with E-state index in [1.807, 2.05) is 84.9 Å². The van der Waals surface area contributed by atoms with Crippen molar-refractivity contribution in [3.63, 3.8) is 0 Å². The average molecular weight is 781 g/mol. The van der Waals surface area contributed by atoms with E-state index < -0.39 is 0 Å². The van der Waals surface area contributed by atoms with Crippen molar-refractivity contribution in [2.75, 3.05) is 0 Å². The van der Waals surface area contributed by atoms with Gasteiger partial charge in [-0.1, -0.05) is 170 Å². The first-order valence-corrected chi connectivity index (χ1v) is 20.4. The number of nitrogens with zero attached hydrogens (tertiary/aromatic N) is 4. The minimum absolute atomic E-state index is 0.662. The summed E-state index contributed by atoms with van der Waals surface area (Å²) >= 11 is 0. The van der Waals surface area contributed by atoms with Crippen molar-refractivity contribution in [1.82, 2.24) is 19.9 Å². The first kappa shape index (κ1) is 35.8. The molecular weight excluding hydrogens is 745 g/mol. The highest BCUT2D eigenvalue weighted by atomic mass is 16.3. The summed E-state index contributed by atoms with van der Waals surface area (Å²) < 4.78 is 6.13. The zero-order chi connectivity index (χ0) is 40.5. The maximum absolute atomic E-state index is 6.13. The van der Waals surface area contributed by atoms with Crippen LogP contribution in [0, 0.1) is 0 Å². The summed E-state index contributed by atoms with van der Waals surface area (Å²) in [6.45, 7) is 0. The molecule has 0 saturated heterocycles. The van der Waals surface area contributed by atoms with Gasteiger partial charge in [-0.3, -0.25) is 0 Å². The van der Waals surface area contributed by atoms with E-state index in [-0.39, 0.29) is 0 Å². The number of rotatable bonds is 8. The second-order valence-corrected chi connectivity index (χ2v) is 15.1. The van der Waals surface area contributed by atoms with Gasteiger partial charge in [-0.25, -0.2) is 19.9 Å². The van der Waals surface area contributed by atoms with Crippen LogP contribution < -0.4 is 0 Å². The highest BCUT2D eigenvalue weighted by Gasteiger charge is 2.17. The lowest BCUT2D eigenvalue weighted by molar-refractivity contribution is 0.669. The van der Waals surface area contributed by atoms with Gasteiger partial charge in [0.05, 0.1) is 22.8 Å². The molecule has 61 heavy (non-hydrogen) atoms. The number of hydrogen-bond acceptors (Lipinski definition) is 5. The third-order valence-electron chi connectivity index (χ3n) is 11.1. The Morgan fingerprint density at radius 3 is 1.11 bits per heavy atom. The lowest BCUT2D eigenvalue weighted by atomic mass is 9.94. The maximum atomic E-state index is 6.13. The number of furan rings is 1. The van der Waals surface area contributed by atoms with Crippen LogP contribution in [-0.2, 0) is 0 Å². The molecule has 0 N–H and O–H groups in total. The Hall–Kier alpha value is -8.28. The maximum Gasteiger partial charge on any atom is 0.160 e. The van der Waals surface area contributed by atoms with Gasteiger partial charge in [0, 0.05) is 44.2 Å². The molecule has 0 atom stereocenters. The molecule has 3 aromatic heterocycles. The fourth-order valence-corrected chi connectivity index (χ4v) is 7.99. The Balaban J connectivity index is 1.09. The fraction of sp³-hybridized carbons (Fsp3) is 0. The van der Waals surface area contributed by atoms with Crippen LogP contribution in [-0.4, -0.2) is 19.9 Å². The number of hydrogen-bond donors (Lipinski definition) is 0. The molecule has 286 valence electrons. The zero-order valence-corrected chi connectivity index (χ0v) is 33.0. The Labute approximate surface area is 353 Å². The summed E-state index contributed by atoms with van der Waals surface area (Å²) in [7, 11) is 0. The van der Waals surface area contributed by atoms with Crippen molar-refractivity contribution in [2.24, 2.45) is 0 Å². The van der Waals surface area contributed by atoms with Crippen molar-refractivity contribution < 1.29 is 4.42 Å². The molecule has 8 aromatic carbocycles. The lowest BCUT2D eigenvalue weighted by Crippen LogP contribution is -1.98. The SMILES string of the molecule is c1ccc(-c2cc(-c3cc(-c4ccc(-c5ccc6oc7ccccc7c6c5)cc4)cc(-c4cc(-c5ccccc5)nc(-c5ccccc5)n4)c3)nc(-c3ccccc3)n2)cc1. The predicted octanol–water partition coefficient (Wildman–Crippen LogP) is 14.5. The van der Waals surface area contributed by atoms with Gasteiger partial charge >= 0.3 is 0 Å². The summed E-state index contributed by atoms with van der Waals surface area (Å²) in [5.74, 6) is 1.32. The largest absolute Gasteiger partial charge is 0.456 e. The van der Waals surface area contributed by atoms with Gasteiger partial charge in [0.15, 0.2) is 11.6 Å². The summed E-state index contributed by atoms with van der Waals surface area (Å²) in [5.41, 5.74) is 15.3. The highest BCUT2D eigenvalue weighted by Crippen LogP contribution is 2.38. The van der Waals surface area contributed by atoms with Gasteiger partial charge in [-0.05, 0) is 70.8 Å². The number of fused-ring (bicyclic) bond motifs is 3.